The molecule has 3 amide bonds. The van der Waals surface area contributed by atoms with Crippen molar-refractivity contribution in [2.45, 2.75) is 19.5 Å². The molecule has 4 aromatic rings. The summed E-state index contributed by atoms with van der Waals surface area (Å²) in [7, 11) is 0. The van der Waals surface area contributed by atoms with Crippen molar-refractivity contribution in [3.05, 3.63) is 111 Å². The van der Waals surface area contributed by atoms with Crippen LogP contribution < -0.4 is 15.5 Å². The van der Waals surface area contributed by atoms with E-state index in [1.54, 1.807) is 53.9 Å². The van der Waals surface area contributed by atoms with E-state index in [1.165, 1.54) is 22.5 Å². The Morgan fingerprint density at radius 3 is 2.36 bits per heavy atom. The van der Waals surface area contributed by atoms with E-state index in [9.17, 15) is 14.4 Å². The minimum atomic E-state index is -1.01. The molecule has 184 valence electrons. The molecule has 0 saturated heterocycles. The van der Waals surface area contributed by atoms with Crippen molar-refractivity contribution in [2.24, 2.45) is 0 Å². The Balaban J connectivity index is 1.67. The van der Waals surface area contributed by atoms with Crippen LogP contribution in [0.25, 0.3) is 0 Å². The number of hydrogen-bond donors (Lipinski definition) is 2. The number of furan rings is 1. The normalized spacial score (nSPS) is 11.5. The number of nitrogens with zero attached hydrogens (tertiary/aromatic N) is 1. The smallest absolute Gasteiger partial charge is 0.261 e. The number of hydrogen-bond acceptors (Lipinski definition) is 5. The SMILES string of the molecule is Cc1ccc([C@@H](C(=O)NCc2ccco2)N(C(=O)CNC(=O)c2cccs2)c2ccc(Cl)cc2)cc1. The molecule has 2 heterocycles. The van der Waals surface area contributed by atoms with Crippen molar-refractivity contribution < 1.29 is 18.8 Å². The molecule has 0 fully saturated rings. The van der Waals surface area contributed by atoms with E-state index in [2.05, 4.69) is 10.6 Å². The molecule has 0 spiro atoms. The fourth-order valence-electron chi connectivity index (χ4n) is 3.63. The average Bonchev–Trinajstić information content (AvgIpc) is 3.60. The van der Waals surface area contributed by atoms with Crippen LogP contribution in [0.2, 0.25) is 5.02 Å². The van der Waals surface area contributed by atoms with Crippen LogP contribution in [0.4, 0.5) is 5.69 Å². The van der Waals surface area contributed by atoms with Gasteiger partial charge in [0.25, 0.3) is 5.91 Å². The Kier molecular flexibility index (Phi) is 8.20. The van der Waals surface area contributed by atoms with Crippen molar-refractivity contribution in [1.29, 1.82) is 0 Å². The van der Waals surface area contributed by atoms with E-state index in [4.69, 9.17) is 16.0 Å². The second-order valence-electron chi connectivity index (χ2n) is 8.01. The number of carbonyl (C=O) groups is 3. The Labute approximate surface area is 217 Å². The number of amides is 3. The van der Waals surface area contributed by atoms with E-state index in [0.29, 0.717) is 26.9 Å². The molecule has 36 heavy (non-hydrogen) atoms. The number of aryl methyl sites for hydroxylation is 1. The summed E-state index contributed by atoms with van der Waals surface area (Å²) in [6.07, 6.45) is 1.53. The van der Waals surface area contributed by atoms with Crippen molar-refractivity contribution in [2.75, 3.05) is 11.4 Å². The van der Waals surface area contributed by atoms with E-state index >= 15 is 0 Å². The van der Waals surface area contributed by atoms with Gasteiger partial charge in [-0.15, -0.1) is 11.3 Å². The second-order valence-corrected chi connectivity index (χ2v) is 9.39. The molecule has 2 aromatic carbocycles. The topological polar surface area (TPSA) is 91.7 Å². The number of anilines is 1. The van der Waals surface area contributed by atoms with Gasteiger partial charge in [-0.2, -0.15) is 0 Å². The molecule has 9 heteroatoms. The molecule has 0 aliphatic heterocycles. The quantitative estimate of drug-likeness (QED) is 0.319. The monoisotopic (exact) mass is 521 g/mol. The zero-order valence-corrected chi connectivity index (χ0v) is 21.0. The number of halogens is 1. The first-order valence-corrected chi connectivity index (χ1v) is 12.4. The van der Waals surface area contributed by atoms with Crippen LogP contribution in [-0.2, 0) is 16.1 Å². The molecular formula is C27H24ClN3O4S. The summed E-state index contributed by atoms with van der Waals surface area (Å²) in [5.41, 5.74) is 2.10. The Hall–Kier alpha value is -3.88. The molecule has 1 atom stereocenters. The lowest BCUT2D eigenvalue weighted by atomic mass is 10.0. The molecule has 0 radical (unpaired) electrons. The summed E-state index contributed by atoms with van der Waals surface area (Å²) in [4.78, 5) is 41.5. The van der Waals surface area contributed by atoms with Crippen LogP contribution in [-0.4, -0.2) is 24.3 Å². The van der Waals surface area contributed by atoms with Crippen LogP contribution in [0.15, 0.2) is 88.9 Å². The summed E-state index contributed by atoms with van der Waals surface area (Å²) in [5.74, 6) is -0.633. The molecule has 4 rings (SSSR count). The molecule has 0 bridgehead atoms. The fraction of sp³-hybridized carbons (Fsp3) is 0.148. The average molecular weight is 522 g/mol. The van der Waals surface area contributed by atoms with E-state index in [0.717, 1.165) is 5.56 Å². The lowest BCUT2D eigenvalue weighted by molar-refractivity contribution is -0.126. The molecule has 2 aromatic heterocycles. The summed E-state index contributed by atoms with van der Waals surface area (Å²) in [6.45, 7) is 1.80. The van der Waals surface area contributed by atoms with Gasteiger partial charge in [-0.1, -0.05) is 47.5 Å². The maximum absolute atomic E-state index is 13.6. The van der Waals surface area contributed by atoms with Gasteiger partial charge in [0, 0.05) is 10.7 Å². The maximum atomic E-state index is 13.6. The number of benzene rings is 2. The van der Waals surface area contributed by atoms with Gasteiger partial charge in [0.2, 0.25) is 11.8 Å². The lowest BCUT2D eigenvalue weighted by Crippen LogP contribution is -2.47. The first kappa shape index (κ1) is 25.2. The Bertz CT molecular complexity index is 1300. The zero-order valence-electron chi connectivity index (χ0n) is 19.4. The third kappa shape index (κ3) is 6.21. The highest BCUT2D eigenvalue weighted by atomic mass is 35.5. The van der Waals surface area contributed by atoms with Crippen molar-refractivity contribution in [3.8, 4) is 0 Å². The van der Waals surface area contributed by atoms with Crippen LogP contribution in [0.5, 0.6) is 0 Å². The van der Waals surface area contributed by atoms with Gasteiger partial charge >= 0.3 is 0 Å². The van der Waals surface area contributed by atoms with Crippen molar-refractivity contribution >= 4 is 46.3 Å². The fourth-order valence-corrected chi connectivity index (χ4v) is 4.39. The van der Waals surface area contributed by atoms with Gasteiger partial charge < -0.3 is 15.1 Å². The van der Waals surface area contributed by atoms with Crippen molar-refractivity contribution in [1.82, 2.24) is 10.6 Å². The molecule has 0 aliphatic carbocycles. The summed E-state index contributed by atoms with van der Waals surface area (Å²) in [5, 5.41) is 7.80. The first-order chi connectivity index (χ1) is 17.4. The number of thiophene rings is 1. The summed E-state index contributed by atoms with van der Waals surface area (Å²) < 4.78 is 5.33. The molecule has 0 saturated carbocycles. The standard InChI is InChI=1S/C27H24ClN3O4S/c1-18-6-8-19(9-7-18)25(27(34)29-16-22-4-2-14-35-22)31(21-12-10-20(28)11-13-21)24(32)17-30-26(33)23-5-3-15-36-23/h2-15,25H,16-17H2,1H3,(H,29,34)(H,30,33)/t25-/m0/s1. The van der Waals surface area contributed by atoms with Gasteiger partial charge in [-0.25, -0.2) is 0 Å². The van der Waals surface area contributed by atoms with Gasteiger partial charge in [0.1, 0.15) is 11.8 Å². The highest BCUT2D eigenvalue weighted by Crippen LogP contribution is 2.29. The molecule has 0 aliphatic rings. The van der Waals surface area contributed by atoms with Crippen LogP contribution in [0.1, 0.15) is 32.6 Å². The molecule has 7 nitrogen and oxygen atoms in total. The van der Waals surface area contributed by atoms with Crippen molar-refractivity contribution in [3.63, 3.8) is 0 Å². The number of nitrogens with one attached hydrogen (secondary N) is 2. The number of carbonyl (C=O) groups excluding carboxylic acids is 3. The minimum absolute atomic E-state index is 0.159. The van der Waals surface area contributed by atoms with Gasteiger partial charge in [-0.05, 0) is 60.3 Å². The summed E-state index contributed by atoms with van der Waals surface area (Å²) in [6, 6.07) is 19.9. The van der Waals surface area contributed by atoms with E-state index < -0.39 is 17.9 Å². The molecule has 2 N–H and O–H groups in total. The van der Waals surface area contributed by atoms with E-state index in [1.807, 2.05) is 31.2 Å². The van der Waals surface area contributed by atoms with Gasteiger partial charge in [0.05, 0.1) is 24.2 Å². The van der Waals surface area contributed by atoms with E-state index in [-0.39, 0.29) is 19.0 Å². The molecule has 0 unspecified atom stereocenters. The maximum Gasteiger partial charge on any atom is 0.261 e. The lowest BCUT2D eigenvalue weighted by Gasteiger charge is -2.31. The highest BCUT2D eigenvalue weighted by molar-refractivity contribution is 7.12. The second kappa shape index (κ2) is 11.7. The molecular weight excluding hydrogens is 498 g/mol. The minimum Gasteiger partial charge on any atom is -0.467 e. The Morgan fingerprint density at radius 2 is 1.72 bits per heavy atom. The highest BCUT2D eigenvalue weighted by Gasteiger charge is 2.33. The predicted molar refractivity (Wildman–Crippen MR) is 140 cm³/mol. The van der Waals surface area contributed by atoms with Crippen LogP contribution >= 0.6 is 22.9 Å². The van der Waals surface area contributed by atoms with Crippen LogP contribution in [0.3, 0.4) is 0 Å². The Morgan fingerprint density at radius 1 is 0.972 bits per heavy atom. The zero-order chi connectivity index (χ0) is 25.5. The number of rotatable bonds is 9. The first-order valence-electron chi connectivity index (χ1n) is 11.2. The largest absolute Gasteiger partial charge is 0.467 e. The predicted octanol–water partition coefficient (Wildman–Crippen LogP) is 5.12. The van der Waals surface area contributed by atoms with Gasteiger partial charge in [0.15, 0.2) is 0 Å². The summed E-state index contributed by atoms with van der Waals surface area (Å²) >= 11 is 7.37. The third-order valence-electron chi connectivity index (χ3n) is 5.44. The third-order valence-corrected chi connectivity index (χ3v) is 6.56. The van der Waals surface area contributed by atoms with Crippen LogP contribution in [0, 0.1) is 6.92 Å². The van der Waals surface area contributed by atoms with Gasteiger partial charge in [-0.3, -0.25) is 19.3 Å².